The van der Waals surface area contributed by atoms with Gasteiger partial charge in [0.05, 0.1) is 11.5 Å². The summed E-state index contributed by atoms with van der Waals surface area (Å²) in [6.07, 6.45) is 2.14. The maximum Gasteiger partial charge on any atom is 0.274 e. The minimum absolute atomic E-state index is 0.0855. The van der Waals surface area contributed by atoms with E-state index in [2.05, 4.69) is 10.2 Å². The Bertz CT molecular complexity index is 582. The largest absolute Gasteiger partial charge is 0.274 e. The first-order valence-electron chi connectivity index (χ1n) is 6.55. The van der Waals surface area contributed by atoms with Gasteiger partial charge >= 0.3 is 0 Å². The van der Waals surface area contributed by atoms with Crippen LogP contribution in [-0.4, -0.2) is 27.5 Å². The summed E-state index contributed by atoms with van der Waals surface area (Å²) in [7, 11) is -3.56. The van der Waals surface area contributed by atoms with Crippen molar-refractivity contribution in [1.82, 2.24) is 10.2 Å². The molecule has 0 spiro atoms. The van der Waals surface area contributed by atoms with E-state index in [-0.39, 0.29) is 10.5 Å². The van der Waals surface area contributed by atoms with Crippen molar-refractivity contribution in [3.8, 4) is 0 Å². The van der Waals surface area contributed by atoms with Crippen molar-refractivity contribution in [2.75, 3.05) is 13.2 Å². The highest BCUT2D eigenvalue weighted by atomic mass is 32.2. The van der Waals surface area contributed by atoms with E-state index in [4.69, 9.17) is 4.84 Å². The van der Waals surface area contributed by atoms with E-state index in [1.54, 1.807) is 6.92 Å². The second-order valence-electron chi connectivity index (χ2n) is 4.69. The fourth-order valence-electron chi connectivity index (χ4n) is 1.63. The third-order valence-electron chi connectivity index (χ3n) is 2.97. The molecule has 0 atom stereocenters. The van der Waals surface area contributed by atoms with Crippen LogP contribution in [0.25, 0.3) is 0 Å². The van der Waals surface area contributed by atoms with Gasteiger partial charge in [-0.25, -0.2) is 18.6 Å². The van der Waals surface area contributed by atoms with Crippen LogP contribution in [-0.2, 0) is 14.9 Å². The van der Waals surface area contributed by atoms with Crippen LogP contribution in [0, 0.1) is 5.92 Å². The van der Waals surface area contributed by atoms with Gasteiger partial charge in [-0.3, -0.25) is 9.63 Å². The lowest BCUT2D eigenvalue weighted by Gasteiger charge is -2.08. The summed E-state index contributed by atoms with van der Waals surface area (Å²) in [5, 5.41) is 0. The third-order valence-corrected chi connectivity index (χ3v) is 4.40. The molecule has 1 aromatic rings. The number of hydrogen-bond acceptors (Lipinski definition) is 4. The van der Waals surface area contributed by atoms with Crippen LogP contribution in [0.4, 0.5) is 0 Å². The minimum Gasteiger partial charge on any atom is -0.274 e. The molecule has 110 valence electrons. The Balaban J connectivity index is 2.09. The standard InChI is InChI=1S/C13H18N2O4S/c1-2-19-15-13(16)11-4-3-5-12(8-11)20(17,18)14-9-10-6-7-10/h3-5,8,10,14H,2,6-7,9H2,1H3,(H,15,16). The van der Waals surface area contributed by atoms with E-state index < -0.39 is 15.9 Å². The molecule has 0 aliphatic heterocycles. The van der Waals surface area contributed by atoms with E-state index >= 15 is 0 Å². The number of hydrogen-bond donors (Lipinski definition) is 2. The molecule has 1 saturated carbocycles. The van der Waals surface area contributed by atoms with Crippen molar-refractivity contribution < 1.29 is 18.0 Å². The van der Waals surface area contributed by atoms with Gasteiger partial charge in [-0.05, 0) is 43.9 Å². The molecule has 0 radical (unpaired) electrons. The second kappa shape index (κ2) is 6.34. The molecule has 20 heavy (non-hydrogen) atoms. The number of carbonyl (C=O) groups excluding carboxylic acids is 1. The van der Waals surface area contributed by atoms with Crippen LogP contribution in [0.15, 0.2) is 29.2 Å². The summed E-state index contributed by atoms with van der Waals surface area (Å²) in [4.78, 5) is 16.6. The van der Waals surface area contributed by atoms with Gasteiger partial charge in [0.2, 0.25) is 10.0 Å². The molecule has 2 N–H and O–H groups in total. The SMILES string of the molecule is CCONC(=O)c1cccc(S(=O)(=O)NCC2CC2)c1. The zero-order chi connectivity index (χ0) is 14.6. The number of nitrogens with one attached hydrogen (secondary N) is 2. The highest BCUT2D eigenvalue weighted by Gasteiger charge is 2.24. The maximum atomic E-state index is 12.1. The number of amides is 1. The van der Waals surface area contributed by atoms with E-state index in [1.165, 1.54) is 24.3 Å². The Morgan fingerprint density at radius 2 is 2.15 bits per heavy atom. The van der Waals surface area contributed by atoms with E-state index in [0.717, 1.165) is 12.8 Å². The predicted octanol–water partition coefficient (Wildman–Crippen LogP) is 1.06. The molecule has 7 heteroatoms. The molecule has 1 aromatic carbocycles. The quantitative estimate of drug-likeness (QED) is 0.737. The molecule has 1 aliphatic rings. The van der Waals surface area contributed by atoms with Crippen LogP contribution in [0.1, 0.15) is 30.1 Å². The van der Waals surface area contributed by atoms with Crippen LogP contribution >= 0.6 is 0 Å². The van der Waals surface area contributed by atoms with E-state index in [1.807, 2.05) is 0 Å². The molecule has 0 bridgehead atoms. The number of rotatable bonds is 7. The maximum absolute atomic E-state index is 12.1. The zero-order valence-electron chi connectivity index (χ0n) is 11.3. The van der Waals surface area contributed by atoms with Gasteiger partial charge in [0.1, 0.15) is 0 Å². The van der Waals surface area contributed by atoms with Crippen LogP contribution in [0.5, 0.6) is 0 Å². The highest BCUT2D eigenvalue weighted by Crippen LogP contribution is 2.28. The van der Waals surface area contributed by atoms with Crippen molar-refractivity contribution in [3.63, 3.8) is 0 Å². The van der Waals surface area contributed by atoms with Gasteiger partial charge < -0.3 is 0 Å². The van der Waals surface area contributed by atoms with Crippen LogP contribution in [0.2, 0.25) is 0 Å². The normalized spacial score (nSPS) is 15.1. The van der Waals surface area contributed by atoms with Crippen molar-refractivity contribution in [3.05, 3.63) is 29.8 Å². The summed E-state index contributed by atoms with van der Waals surface area (Å²) in [5.74, 6) is -0.0136. The number of carbonyl (C=O) groups is 1. The molecule has 0 heterocycles. The minimum atomic E-state index is -3.56. The summed E-state index contributed by atoms with van der Waals surface area (Å²) in [6, 6.07) is 5.87. The van der Waals surface area contributed by atoms with Gasteiger partial charge in [0.15, 0.2) is 0 Å². The first kappa shape index (κ1) is 15.0. The number of hydroxylamine groups is 1. The van der Waals surface area contributed by atoms with E-state index in [9.17, 15) is 13.2 Å². The molecule has 0 saturated heterocycles. The van der Waals surface area contributed by atoms with Gasteiger partial charge in [0, 0.05) is 12.1 Å². The predicted molar refractivity (Wildman–Crippen MR) is 73.4 cm³/mol. The smallest absolute Gasteiger partial charge is 0.274 e. The first-order chi connectivity index (χ1) is 9.53. The molecule has 0 unspecified atom stereocenters. The average Bonchev–Trinajstić information content (AvgIpc) is 3.27. The lowest BCUT2D eigenvalue weighted by molar-refractivity contribution is 0.0364. The highest BCUT2D eigenvalue weighted by molar-refractivity contribution is 7.89. The topological polar surface area (TPSA) is 84.5 Å². The molecule has 6 nitrogen and oxygen atoms in total. The van der Waals surface area contributed by atoms with Gasteiger partial charge in [-0.2, -0.15) is 0 Å². The number of sulfonamides is 1. The van der Waals surface area contributed by atoms with Crippen molar-refractivity contribution in [2.45, 2.75) is 24.7 Å². The van der Waals surface area contributed by atoms with Crippen LogP contribution in [0.3, 0.4) is 0 Å². The molecule has 1 aliphatic carbocycles. The summed E-state index contributed by atoms with van der Waals surface area (Å²) >= 11 is 0. The summed E-state index contributed by atoms with van der Waals surface area (Å²) in [6.45, 7) is 2.54. The Kier molecular flexibility index (Phi) is 4.74. The lowest BCUT2D eigenvalue weighted by atomic mass is 10.2. The Morgan fingerprint density at radius 3 is 2.80 bits per heavy atom. The fraction of sp³-hybridized carbons (Fsp3) is 0.462. The number of benzene rings is 1. The fourth-order valence-corrected chi connectivity index (χ4v) is 2.80. The van der Waals surface area contributed by atoms with Gasteiger partial charge in [-0.15, -0.1) is 0 Å². The molecule has 2 rings (SSSR count). The lowest BCUT2D eigenvalue weighted by Crippen LogP contribution is -2.27. The monoisotopic (exact) mass is 298 g/mol. The molecule has 1 fully saturated rings. The Hall–Kier alpha value is -1.44. The zero-order valence-corrected chi connectivity index (χ0v) is 12.1. The average molecular weight is 298 g/mol. The van der Waals surface area contributed by atoms with Crippen molar-refractivity contribution >= 4 is 15.9 Å². The van der Waals surface area contributed by atoms with Gasteiger partial charge in [-0.1, -0.05) is 6.07 Å². The van der Waals surface area contributed by atoms with Gasteiger partial charge in [0.25, 0.3) is 5.91 Å². The van der Waals surface area contributed by atoms with E-state index in [0.29, 0.717) is 19.1 Å². The Morgan fingerprint density at radius 1 is 1.40 bits per heavy atom. The molecule has 1 amide bonds. The third kappa shape index (κ3) is 4.03. The molecular formula is C13H18N2O4S. The Labute approximate surface area is 118 Å². The summed E-state index contributed by atoms with van der Waals surface area (Å²) in [5.41, 5.74) is 2.48. The molecular weight excluding hydrogens is 280 g/mol. The summed E-state index contributed by atoms with van der Waals surface area (Å²) < 4.78 is 26.7. The molecule has 0 aromatic heterocycles. The first-order valence-corrected chi connectivity index (χ1v) is 8.03. The second-order valence-corrected chi connectivity index (χ2v) is 6.45. The van der Waals surface area contributed by atoms with Crippen molar-refractivity contribution in [2.24, 2.45) is 5.92 Å². The van der Waals surface area contributed by atoms with Crippen molar-refractivity contribution in [1.29, 1.82) is 0 Å². The van der Waals surface area contributed by atoms with Crippen LogP contribution < -0.4 is 10.2 Å².